The Labute approximate surface area is 218 Å². The zero-order valence-electron chi connectivity index (χ0n) is 22.8. The van der Waals surface area contributed by atoms with E-state index >= 15 is 0 Å². The molecule has 1 saturated carbocycles. The summed E-state index contributed by atoms with van der Waals surface area (Å²) < 4.78 is 24.6. The second kappa shape index (κ2) is 10.6. The third-order valence-corrected chi connectivity index (χ3v) is 6.99. The molecular weight excluding hydrogens is 470 g/mol. The molecule has 37 heavy (non-hydrogen) atoms. The van der Waals surface area contributed by atoms with E-state index in [1.807, 2.05) is 52.8 Å². The zero-order chi connectivity index (χ0) is 26.9. The minimum atomic E-state index is -0.595. The zero-order valence-corrected chi connectivity index (χ0v) is 22.8. The molecule has 0 N–H and O–H groups in total. The highest BCUT2D eigenvalue weighted by Gasteiger charge is 2.34. The highest BCUT2D eigenvalue weighted by atomic mass is 16.6. The number of ether oxygens (including phenoxy) is 4. The summed E-state index contributed by atoms with van der Waals surface area (Å²) in [6.07, 6.45) is 3.91. The van der Waals surface area contributed by atoms with E-state index in [4.69, 9.17) is 18.9 Å². The molecule has 1 aliphatic rings. The van der Waals surface area contributed by atoms with E-state index in [-0.39, 0.29) is 24.1 Å². The number of nitrogens with zero attached hydrogens (tertiary/aromatic N) is 1. The lowest BCUT2D eigenvalue weighted by Crippen LogP contribution is -2.35. The Balaban J connectivity index is 1.69. The van der Waals surface area contributed by atoms with Crippen LogP contribution in [0.4, 0.5) is 4.79 Å². The summed E-state index contributed by atoms with van der Waals surface area (Å²) in [4.78, 5) is 24.8. The quantitative estimate of drug-likeness (QED) is 0.364. The third-order valence-electron chi connectivity index (χ3n) is 6.99. The van der Waals surface area contributed by atoms with Gasteiger partial charge < -0.3 is 18.9 Å². The van der Waals surface area contributed by atoms with Gasteiger partial charge in [-0.15, -0.1) is 0 Å². The maximum Gasteiger partial charge on any atom is 0.419 e. The van der Waals surface area contributed by atoms with Gasteiger partial charge in [0.05, 0.1) is 24.3 Å². The van der Waals surface area contributed by atoms with Gasteiger partial charge in [-0.1, -0.05) is 18.2 Å². The van der Waals surface area contributed by atoms with E-state index in [1.165, 1.54) is 7.11 Å². The fourth-order valence-corrected chi connectivity index (χ4v) is 5.25. The number of hydrogen-bond donors (Lipinski definition) is 0. The van der Waals surface area contributed by atoms with E-state index in [9.17, 15) is 9.59 Å². The molecule has 0 spiro atoms. The third kappa shape index (κ3) is 5.67. The minimum Gasteiger partial charge on any atom is -0.489 e. The van der Waals surface area contributed by atoms with E-state index < -0.39 is 11.7 Å². The normalized spacial score (nSPS) is 20.0. The lowest BCUT2D eigenvalue weighted by atomic mass is 9.79. The molecule has 0 radical (unpaired) electrons. The number of methoxy groups -OCH3 is 2. The number of benzene rings is 2. The first-order chi connectivity index (χ1) is 17.5. The molecule has 1 fully saturated rings. The van der Waals surface area contributed by atoms with Crippen LogP contribution in [0.5, 0.6) is 5.75 Å². The van der Waals surface area contributed by atoms with Gasteiger partial charge >= 0.3 is 12.1 Å². The predicted molar refractivity (Wildman–Crippen MR) is 143 cm³/mol. The van der Waals surface area contributed by atoms with Crippen LogP contribution in [0.1, 0.15) is 73.0 Å². The molecule has 1 aromatic heterocycles. The molecule has 0 saturated heterocycles. The van der Waals surface area contributed by atoms with E-state index in [0.29, 0.717) is 5.56 Å². The summed E-state index contributed by atoms with van der Waals surface area (Å²) >= 11 is 0. The summed E-state index contributed by atoms with van der Waals surface area (Å²) in [7, 11) is 3.13. The Bertz CT molecular complexity index is 1280. The number of fused-ring (bicyclic) bond motifs is 1. The Morgan fingerprint density at radius 1 is 0.973 bits per heavy atom. The first-order valence-electron chi connectivity index (χ1n) is 12.7. The van der Waals surface area contributed by atoms with Gasteiger partial charge in [0.15, 0.2) is 0 Å². The number of aryl methyl sites for hydroxylation is 2. The van der Waals surface area contributed by atoms with Crippen molar-refractivity contribution in [2.24, 2.45) is 0 Å². The van der Waals surface area contributed by atoms with Crippen LogP contribution in [0.3, 0.4) is 0 Å². The van der Waals surface area contributed by atoms with Gasteiger partial charge in [-0.2, -0.15) is 0 Å². The van der Waals surface area contributed by atoms with Crippen molar-refractivity contribution in [2.45, 2.75) is 77.6 Å². The maximum atomic E-state index is 12.9. The van der Waals surface area contributed by atoms with Crippen molar-refractivity contribution in [1.29, 1.82) is 0 Å². The Kier molecular flexibility index (Phi) is 7.64. The van der Waals surface area contributed by atoms with Crippen LogP contribution in [0, 0.1) is 13.8 Å². The first kappa shape index (κ1) is 26.7. The largest absolute Gasteiger partial charge is 0.489 e. The SMILES string of the molecule is COC(=O)c1ccc([C@@H]2C[C@@H](OC)CC[C@@H]2Oc2c(C)cc(C)c3c2ccn3C(=O)OC(C)(C)C)cc1. The van der Waals surface area contributed by atoms with Crippen LogP contribution in [0.25, 0.3) is 10.9 Å². The van der Waals surface area contributed by atoms with Crippen molar-refractivity contribution in [3.8, 4) is 5.75 Å². The molecule has 0 amide bonds. The van der Waals surface area contributed by atoms with Gasteiger partial charge in [-0.05, 0) is 88.8 Å². The average molecular weight is 508 g/mol. The second-order valence-electron chi connectivity index (χ2n) is 10.8. The van der Waals surface area contributed by atoms with Crippen molar-refractivity contribution >= 4 is 23.0 Å². The molecule has 2 aromatic carbocycles. The van der Waals surface area contributed by atoms with Crippen molar-refractivity contribution in [3.05, 3.63) is 64.8 Å². The number of carbonyl (C=O) groups excluding carboxylic acids is 2. The van der Waals surface area contributed by atoms with Crippen molar-refractivity contribution in [3.63, 3.8) is 0 Å². The molecule has 3 aromatic rings. The fourth-order valence-electron chi connectivity index (χ4n) is 5.25. The van der Waals surface area contributed by atoms with Crippen LogP contribution < -0.4 is 4.74 Å². The number of esters is 1. The Hall–Kier alpha value is -3.32. The van der Waals surface area contributed by atoms with Crippen LogP contribution in [-0.4, -0.2) is 48.7 Å². The summed E-state index contributed by atoms with van der Waals surface area (Å²) in [5, 5.41) is 0.886. The van der Waals surface area contributed by atoms with E-state index in [0.717, 1.165) is 52.6 Å². The first-order valence-corrected chi connectivity index (χ1v) is 12.7. The number of carbonyl (C=O) groups is 2. The lowest BCUT2D eigenvalue weighted by Gasteiger charge is -2.36. The highest BCUT2D eigenvalue weighted by Crippen LogP contribution is 2.41. The van der Waals surface area contributed by atoms with Gasteiger partial charge in [-0.3, -0.25) is 4.57 Å². The van der Waals surface area contributed by atoms with Crippen molar-refractivity contribution in [2.75, 3.05) is 14.2 Å². The number of aromatic nitrogens is 1. The molecule has 1 heterocycles. The van der Waals surface area contributed by atoms with Crippen LogP contribution >= 0.6 is 0 Å². The molecule has 198 valence electrons. The predicted octanol–water partition coefficient (Wildman–Crippen LogP) is 6.56. The molecule has 7 nitrogen and oxygen atoms in total. The number of rotatable bonds is 5. The summed E-state index contributed by atoms with van der Waals surface area (Å²) in [5.41, 5.74) is 3.80. The fraction of sp³-hybridized carbons (Fsp3) is 0.467. The van der Waals surface area contributed by atoms with E-state index in [2.05, 4.69) is 6.07 Å². The Morgan fingerprint density at radius 3 is 2.30 bits per heavy atom. The van der Waals surface area contributed by atoms with Gasteiger partial charge in [0.25, 0.3) is 0 Å². The molecule has 0 unspecified atom stereocenters. The molecule has 1 aliphatic carbocycles. The van der Waals surface area contributed by atoms with Gasteiger partial charge in [0.1, 0.15) is 17.5 Å². The lowest BCUT2D eigenvalue weighted by molar-refractivity contribution is 0.0193. The van der Waals surface area contributed by atoms with E-state index in [1.54, 1.807) is 30.0 Å². The van der Waals surface area contributed by atoms with Gasteiger partial charge in [0, 0.05) is 24.6 Å². The van der Waals surface area contributed by atoms with Crippen molar-refractivity contribution in [1.82, 2.24) is 4.57 Å². The van der Waals surface area contributed by atoms with Crippen LogP contribution in [-0.2, 0) is 14.2 Å². The molecule has 0 aliphatic heterocycles. The standard InChI is InChI=1S/C30H37NO6/c1-18-16-19(2)27(23-14-15-31(26(18)23)29(33)37-30(3,4)5)36-25-13-12-22(34-6)17-24(25)20-8-10-21(11-9-20)28(32)35-7/h8-11,14-16,22,24-25H,12-13,17H2,1-7H3/t22-,24-,25-/m0/s1. The monoisotopic (exact) mass is 507 g/mol. The second-order valence-corrected chi connectivity index (χ2v) is 10.8. The van der Waals surface area contributed by atoms with Crippen molar-refractivity contribution < 1.29 is 28.5 Å². The topological polar surface area (TPSA) is 76.0 Å². The summed E-state index contributed by atoms with van der Waals surface area (Å²) in [6, 6.07) is 11.5. The highest BCUT2D eigenvalue weighted by molar-refractivity contribution is 5.96. The minimum absolute atomic E-state index is 0.0779. The average Bonchev–Trinajstić information content (AvgIpc) is 3.31. The summed E-state index contributed by atoms with van der Waals surface area (Å²) in [5.74, 6) is 0.499. The summed E-state index contributed by atoms with van der Waals surface area (Å²) in [6.45, 7) is 9.60. The molecule has 0 bridgehead atoms. The van der Waals surface area contributed by atoms with Gasteiger partial charge in [-0.25, -0.2) is 9.59 Å². The van der Waals surface area contributed by atoms with Crippen LogP contribution in [0.15, 0.2) is 42.6 Å². The molecule has 4 rings (SSSR count). The van der Waals surface area contributed by atoms with Gasteiger partial charge in [0.2, 0.25) is 0 Å². The molecule has 3 atom stereocenters. The van der Waals surface area contributed by atoms with Crippen LogP contribution in [0.2, 0.25) is 0 Å². The Morgan fingerprint density at radius 2 is 1.68 bits per heavy atom. The number of hydrogen-bond acceptors (Lipinski definition) is 6. The smallest absolute Gasteiger partial charge is 0.419 e. The maximum absolute atomic E-state index is 12.9. The molecular formula is C30H37NO6. The molecule has 7 heteroatoms.